The van der Waals surface area contributed by atoms with Crippen LogP contribution in [0.4, 0.5) is 11.5 Å². The number of carbonyl (C=O) groups excluding carboxylic acids is 1. The number of aromatic nitrogens is 1. The first kappa shape index (κ1) is 21.6. The van der Waals surface area contributed by atoms with Crippen LogP contribution in [0.1, 0.15) is 48.4 Å². The second-order valence-corrected chi connectivity index (χ2v) is 7.94. The summed E-state index contributed by atoms with van der Waals surface area (Å²) < 4.78 is 0. The molecule has 1 saturated heterocycles. The van der Waals surface area contributed by atoms with Gasteiger partial charge in [0.15, 0.2) is 5.84 Å². The average Bonchev–Trinajstić information content (AvgIpc) is 2.74. The molecular weight excluding hydrogens is 378 g/mol. The minimum atomic E-state index is -0.785. The highest BCUT2D eigenvalue weighted by molar-refractivity contribution is 5.98. The summed E-state index contributed by atoms with van der Waals surface area (Å²) in [5.74, 6) is 0.838. The van der Waals surface area contributed by atoms with E-state index in [1.165, 1.54) is 19.3 Å². The van der Waals surface area contributed by atoms with E-state index in [9.17, 15) is 4.79 Å². The van der Waals surface area contributed by atoms with Crippen molar-refractivity contribution in [3.05, 3.63) is 52.7 Å². The Morgan fingerprint density at radius 1 is 1.17 bits per heavy atom. The van der Waals surface area contributed by atoms with Gasteiger partial charge in [-0.25, -0.2) is 4.98 Å². The van der Waals surface area contributed by atoms with Crippen LogP contribution in [0.15, 0.2) is 35.6 Å². The van der Waals surface area contributed by atoms with Crippen molar-refractivity contribution >= 4 is 23.2 Å². The Bertz CT molecular complexity index is 912. The molecule has 0 aliphatic carbocycles. The summed E-state index contributed by atoms with van der Waals surface area (Å²) in [7, 11) is 0. The zero-order valence-corrected chi connectivity index (χ0v) is 18.2. The first-order valence-electron chi connectivity index (χ1n) is 10.4. The highest BCUT2D eigenvalue weighted by Crippen LogP contribution is 2.22. The quantitative estimate of drug-likeness (QED) is 0.431. The fraction of sp³-hybridized carbons (Fsp3) is 0.435. The third-order valence-corrected chi connectivity index (χ3v) is 5.32. The summed E-state index contributed by atoms with van der Waals surface area (Å²) >= 11 is 0. The van der Waals surface area contributed by atoms with Crippen LogP contribution in [0, 0.1) is 20.8 Å². The number of benzene rings is 1. The SMILES string of the molecule is Cc1cc(C)c(NC(=O)C(C)ON=C(N)c2ccnc(N3CCCCC3)c2)c(C)c1. The maximum Gasteiger partial charge on any atom is 0.268 e. The lowest BCUT2D eigenvalue weighted by Crippen LogP contribution is -2.30. The lowest BCUT2D eigenvalue weighted by atomic mass is 10.0. The molecule has 3 rings (SSSR count). The highest BCUT2D eigenvalue weighted by Gasteiger charge is 2.18. The van der Waals surface area contributed by atoms with Crippen LogP contribution in [0.5, 0.6) is 0 Å². The van der Waals surface area contributed by atoms with Crippen molar-refractivity contribution in [1.82, 2.24) is 4.98 Å². The van der Waals surface area contributed by atoms with Crippen LogP contribution >= 0.6 is 0 Å². The largest absolute Gasteiger partial charge is 0.381 e. The number of aryl methyl sites for hydroxylation is 3. The highest BCUT2D eigenvalue weighted by atomic mass is 16.6. The van der Waals surface area contributed by atoms with Gasteiger partial charge in [0, 0.05) is 30.5 Å². The van der Waals surface area contributed by atoms with Crippen LogP contribution in [0.25, 0.3) is 0 Å². The van der Waals surface area contributed by atoms with Crippen molar-refractivity contribution in [2.45, 2.75) is 53.1 Å². The van der Waals surface area contributed by atoms with Gasteiger partial charge in [-0.05, 0) is 70.2 Å². The minimum absolute atomic E-state index is 0.220. The van der Waals surface area contributed by atoms with E-state index in [2.05, 4.69) is 20.4 Å². The van der Waals surface area contributed by atoms with Crippen molar-refractivity contribution < 1.29 is 9.63 Å². The molecule has 1 aromatic heterocycles. The number of pyridine rings is 1. The zero-order valence-electron chi connectivity index (χ0n) is 18.2. The van der Waals surface area contributed by atoms with Gasteiger partial charge in [0.05, 0.1) is 0 Å². The number of hydrogen-bond acceptors (Lipinski definition) is 5. The third kappa shape index (κ3) is 5.28. The van der Waals surface area contributed by atoms with Crippen molar-refractivity contribution in [3.63, 3.8) is 0 Å². The number of amides is 1. The van der Waals surface area contributed by atoms with Crippen molar-refractivity contribution in [2.75, 3.05) is 23.3 Å². The molecule has 1 aromatic carbocycles. The average molecular weight is 410 g/mol. The van der Waals surface area contributed by atoms with Gasteiger partial charge in [-0.3, -0.25) is 4.79 Å². The molecule has 1 unspecified atom stereocenters. The van der Waals surface area contributed by atoms with E-state index < -0.39 is 6.10 Å². The predicted molar refractivity (Wildman–Crippen MR) is 121 cm³/mol. The van der Waals surface area contributed by atoms with E-state index in [0.717, 1.165) is 46.8 Å². The minimum Gasteiger partial charge on any atom is -0.381 e. The molecule has 2 heterocycles. The number of anilines is 2. The van der Waals surface area contributed by atoms with E-state index in [1.54, 1.807) is 19.2 Å². The van der Waals surface area contributed by atoms with Crippen molar-refractivity contribution in [2.24, 2.45) is 10.9 Å². The topological polar surface area (TPSA) is 92.8 Å². The molecule has 0 spiro atoms. The summed E-state index contributed by atoms with van der Waals surface area (Å²) in [6.45, 7) is 9.63. The number of amidine groups is 1. The molecule has 1 fully saturated rings. The normalized spacial score (nSPS) is 15.6. The number of rotatable bonds is 6. The van der Waals surface area contributed by atoms with Gasteiger partial charge in [-0.2, -0.15) is 0 Å². The van der Waals surface area contributed by atoms with Crippen LogP contribution in [-0.2, 0) is 9.63 Å². The molecule has 30 heavy (non-hydrogen) atoms. The lowest BCUT2D eigenvalue weighted by molar-refractivity contribution is -0.126. The molecular formula is C23H31N5O2. The van der Waals surface area contributed by atoms with Gasteiger partial charge >= 0.3 is 0 Å². The van der Waals surface area contributed by atoms with E-state index in [1.807, 2.05) is 39.0 Å². The molecule has 7 nitrogen and oxygen atoms in total. The molecule has 1 atom stereocenters. The van der Waals surface area contributed by atoms with E-state index in [-0.39, 0.29) is 11.7 Å². The van der Waals surface area contributed by atoms with E-state index in [4.69, 9.17) is 10.6 Å². The molecule has 0 radical (unpaired) electrons. The molecule has 0 bridgehead atoms. The first-order chi connectivity index (χ1) is 14.3. The van der Waals surface area contributed by atoms with Gasteiger partial charge in [0.2, 0.25) is 6.10 Å². The fourth-order valence-corrected chi connectivity index (χ4v) is 3.71. The zero-order chi connectivity index (χ0) is 21.7. The van der Waals surface area contributed by atoms with E-state index in [0.29, 0.717) is 0 Å². The number of nitrogens with one attached hydrogen (secondary N) is 1. The fourth-order valence-electron chi connectivity index (χ4n) is 3.71. The Hall–Kier alpha value is -3.09. The molecule has 1 amide bonds. The van der Waals surface area contributed by atoms with Crippen molar-refractivity contribution in [3.8, 4) is 0 Å². The standard InChI is InChI=1S/C23H31N5O2/c1-15-12-16(2)21(17(3)13-15)26-23(29)18(4)30-27-22(24)19-8-9-25-20(14-19)28-10-6-5-7-11-28/h8-9,12-14,18H,5-7,10-11H2,1-4H3,(H2,24,27)(H,26,29). The second kappa shape index (κ2) is 9.61. The van der Waals surface area contributed by atoms with Gasteiger partial charge in [0.1, 0.15) is 5.82 Å². The summed E-state index contributed by atoms with van der Waals surface area (Å²) in [6, 6.07) is 7.78. The number of piperidine rings is 1. The molecule has 1 aliphatic rings. The third-order valence-electron chi connectivity index (χ3n) is 5.32. The van der Waals surface area contributed by atoms with E-state index >= 15 is 0 Å². The van der Waals surface area contributed by atoms with Gasteiger partial charge < -0.3 is 20.8 Å². The summed E-state index contributed by atoms with van der Waals surface area (Å²) in [5.41, 5.74) is 10.8. The number of hydrogen-bond donors (Lipinski definition) is 2. The molecule has 160 valence electrons. The van der Waals surface area contributed by atoms with Crippen LogP contribution in [-0.4, -0.2) is 35.9 Å². The summed E-state index contributed by atoms with van der Waals surface area (Å²) in [5, 5.41) is 6.92. The Morgan fingerprint density at radius 2 is 1.83 bits per heavy atom. The van der Waals surface area contributed by atoms with Crippen molar-refractivity contribution in [1.29, 1.82) is 0 Å². The monoisotopic (exact) mass is 409 g/mol. The van der Waals surface area contributed by atoms with Gasteiger partial charge in [-0.15, -0.1) is 0 Å². The number of nitrogens with two attached hydrogens (primary N) is 1. The Labute approximate surface area is 178 Å². The summed E-state index contributed by atoms with van der Waals surface area (Å²) in [6.07, 6.45) is 4.54. The molecule has 7 heteroatoms. The maximum absolute atomic E-state index is 12.5. The molecule has 1 aliphatic heterocycles. The number of nitrogens with zero attached hydrogens (tertiary/aromatic N) is 3. The molecule has 0 saturated carbocycles. The van der Waals surface area contributed by atoms with Crippen LogP contribution < -0.4 is 16.0 Å². The Balaban J connectivity index is 1.64. The molecule has 3 N–H and O–H groups in total. The predicted octanol–water partition coefficient (Wildman–Crippen LogP) is 3.66. The molecule has 2 aromatic rings. The Morgan fingerprint density at radius 3 is 2.50 bits per heavy atom. The second-order valence-electron chi connectivity index (χ2n) is 7.94. The lowest BCUT2D eigenvalue weighted by Gasteiger charge is -2.27. The first-order valence-corrected chi connectivity index (χ1v) is 10.4. The summed E-state index contributed by atoms with van der Waals surface area (Å²) in [4.78, 5) is 24.6. The number of carbonyl (C=O) groups is 1. The smallest absolute Gasteiger partial charge is 0.268 e. The maximum atomic E-state index is 12.5. The van der Waals surface area contributed by atoms with Gasteiger partial charge in [0.25, 0.3) is 5.91 Å². The Kier molecular flexibility index (Phi) is 6.92. The van der Waals surface area contributed by atoms with Crippen LogP contribution in [0.3, 0.4) is 0 Å². The van der Waals surface area contributed by atoms with Crippen LogP contribution in [0.2, 0.25) is 0 Å². The number of oxime groups is 1. The van der Waals surface area contributed by atoms with Gasteiger partial charge in [-0.1, -0.05) is 22.9 Å².